The highest BCUT2D eigenvalue weighted by atomic mass is 15.2. The van der Waals surface area contributed by atoms with Crippen LogP contribution >= 0.6 is 0 Å². The number of hydrogen-bond donors (Lipinski definition) is 1. The van der Waals surface area contributed by atoms with E-state index in [0.29, 0.717) is 6.04 Å². The van der Waals surface area contributed by atoms with Gasteiger partial charge in [-0.3, -0.25) is 0 Å². The van der Waals surface area contributed by atoms with Gasteiger partial charge in [0, 0.05) is 25.0 Å². The lowest BCUT2D eigenvalue weighted by atomic mass is 10.2. The number of aryl methyl sites for hydroxylation is 1. The summed E-state index contributed by atoms with van der Waals surface area (Å²) in [7, 11) is 0. The second-order valence-corrected chi connectivity index (χ2v) is 4.83. The molecule has 0 saturated heterocycles. The Balaban J connectivity index is 1.80. The van der Waals surface area contributed by atoms with E-state index in [1.165, 1.54) is 25.7 Å². The third-order valence-corrected chi connectivity index (χ3v) is 2.84. The Bertz CT molecular complexity index is 300. The van der Waals surface area contributed by atoms with Crippen LogP contribution in [0.4, 0.5) is 5.95 Å². The molecule has 1 saturated carbocycles. The molecule has 2 rings (SSSR count). The van der Waals surface area contributed by atoms with Gasteiger partial charge in [0.2, 0.25) is 5.95 Å². The van der Waals surface area contributed by atoms with E-state index in [1.54, 1.807) is 0 Å². The molecule has 15 heavy (non-hydrogen) atoms. The van der Waals surface area contributed by atoms with E-state index in [-0.39, 0.29) is 0 Å². The van der Waals surface area contributed by atoms with Crippen molar-refractivity contribution in [1.82, 2.24) is 9.55 Å². The number of aromatic nitrogens is 2. The summed E-state index contributed by atoms with van der Waals surface area (Å²) in [6.45, 7) is 5.39. The van der Waals surface area contributed by atoms with E-state index in [1.807, 2.05) is 6.20 Å². The lowest BCUT2D eigenvalue weighted by Crippen LogP contribution is -2.14. The van der Waals surface area contributed by atoms with Crippen LogP contribution in [0.25, 0.3) is 0 Å². The number of imidazole rings is 1. The third-order valence-electron chi connectivity index (χ3n) is 2.84. The van der Waals surface area contributed by atoms with E-state index >= 15 is 0 Å². The van der Waals surface area contributed by atoms with Crippen LogP contribution in [-0.2, 0) is 6.54 Å². The van der Waals surface area contributed by atoms with Crippen molar-refractivity contribution in [3.63, 3.8) is 0 Å². The Kier molecular flexibility index (Phi) is 3.29. The zero-order chi connectivity index (χ0) is 10.7. The van der Waals surface area contributed by atoms with Gasteiger partial charge in [-0.05, 0) is 32.6 Å². The predicted molar refractivity (Wildman–Crippen MR) is 62.9 cm³/mol. The lowest BCUT2D eigenvalue weighted by molar-refractivity contribution is 0.578. The summed E-state index contributed by atoms with van der Waals surface area (Å²) in [6, 6.07) is 0.453. The second-order valence-electron chi connectivity index (χ2n) is 4.83. The highest BCUT2D eigenvalue weighted by Gasteiger charge is 2.20. The molecule has 1 heterocycles. The van der Waals surface area contributed by atoms with Crippen LogP contribution in [0.3, 0.4) is 0 Å². The summed E-state index contributed by atoms with van der Waals surface area (Å²) in [5, 5.41) is 3.36. The maximum absolute atomic E-state index is 4.32. The fourth-order valence-corrected chi connectivity index (χ4v) is 1.84. The fraction of sp³-hybridized carbons (Fsp3) is 0.750. The van der Waals surface area contributed by atoms with E-state index in [4.69, 9.17) is 0 Å². The summed E-state index contributed by atoms with van der Waals surface area (Å²) >= 11 is 0. The molecule has 3 nitrogen and oxygen atoms in total. The molecule has 0 amide bonds. The summed E-state index contributed by atoms with van der Waals surface area (Å²) in [5.41, 5.74) is 0. The van der Waals surface area contributed by atoms with Crippen LogP contribution in [-0.4, -0.2) is 15.6 Å². The Morgan fingerprint density at radius 2 is 2.33 bits per heavy atom. The van der Waals surface area contributed by atoms with Crippen molar-refractivity contribution >= 4 is 5.95 Å². The Morgan fingerprint density at radius 1 is 1.53 bits per heavy atom. The molecule has 3 heteroatoms. The van der Waals surface area contributed by atoms with Gasteiger partial charge in [0.05, 0.1) is 0 Å². The van der Waals surface area contributed by atoms with Crippen molar-refractivity contribution in [1.29, 1.82) is 0 Å². The van der Waals surface area contributed by atoms with Crippen molar-refractivity contribution in [2.75, 3.05) is 5.32 Å². The molecule has 0 unspecified atom stereocenters. The number of anilines is 1. The van der Waals surface area contributed by atoms with Crippen molar-refractivity contribution in [2.45, 2.75) is 52.1 Å². The van der Waals surface area contributed by atoms with E-state index in [9.17, 15) is 0 Å². The van der Waals surface area contributed by atoms with Gasteiger partial charge in [-0.2, -0.15) is 0 Å². The minimum absolute atomic E-state index is 0.453. The smallest absolute Gasteiger partial charge is 0.202 e. The first kappa shape index (κ1) is 10.5. The summed E-state index contributed by atoms with van der Waals surface area (Å²) in [4.78, 5) is 4.32. The Morgan fingerprint density at radius 3 is 3.00 bits per heavy atom. The quantitative estimate of drug-likeness (QED) is 0.777. The summed E-state index contributed by atoms with van der Waals surface area (Å²) in [6.07, 6.45) is 9.54. The molecule has 0 atom stereocenters. The summed E-state index contributed by atoms with van der Waals surface area (Å²) < 4.78 is 2.22. The first-order valence-corrected chi connectivity index (χ1v) is 6.03. The maximum Gasteiger partial charge on any atom is 0.202 e. The standard InChI is InChI=1S/C12H21N3/c1-10(2)14-12-13-7-9-15(12)8-3-4-11-5-6-11/h7,9-11H,3-6,8H2,1-2H3,(H,13,14). The zero-order valence-electron chi connectivity index (χ0n) is 9.74. The second kappa shape index (κ2) is 4.69. The number of rotatable bonds is 6. The largest absolute Gasteiger partial charge is 0.353 e. The molecule has 1 aliphatic carbocycles. The molecule has 1 aromatic rings. The predicted octanol–water partition coefficient (Wildman–Crippen LogP) is 2.89. The molecular formula is C12H21N3. The highest BCUT2D eigenvalue weighted by molar-refractivity contribution is 5.26. The van der Waals surface area contributed by atoms with Crippen molar-refractivity contribution in [3.05, 3.63) is 12.4 Å². The molecule has 0 aliphatic heterocycles. The average molecular weight is 207 g/mol. The fourth-order valence-electron chi connectivity index (χ4n) is 1.84. The normalized spacial score (nSPS) is 15.9. The van der Waals surface area contributed by atoms with Crippen LogP contribution in [0.2, 0.25) is 0 Å². The molecule has 1 fully saturated rings. The molecule has 1 N–H and O–H groups in total. The van der Waals surface area contributed by atoms with E-state index in [2.05, 4.69) is 34.9 Å². The van der Waals surface area contributed by atoms with Gasteiger partial charge < -0.3 is 9.88 Å². The maximum atomic E-state index is 4.32. The van der Waals surface area contributed by atoms with Gasteiger partial charge in [0.15, 0.2) is 0 Å². The molecule has 84 valence electrons. The number of hydrogen-bond acceptors (Lipinski definition) is 2. The van der Waals surface area contributed by atoms with Crippen molar-refractivity contribution in [3.8, 4) is 0 Å². The SMILES string of the molecule is CC(C)Nc1nccn1CCCC1CC1. The molecule has 0 radical (unpaired) electrons. The minimum atomic E-state index is 0.453. The molecule has 1 aromatic heterocycles. The molecule has 0 aromatic carbocycles. The number of nitrogens with zero attached hydrogens (tertiary/aromatic N) is 2. The topological polar surface area (TPSA) is 29.9 Å². The third kappa shape index (κ3) is 3.26. The summed E-state index contributed by atoms with van der Waals surface area (Å²) in [5.74, 6) is 2.05. The van der Waals surface area contributed by atoms with Crippen molar-refractivity contribution < 1.29 is 0 Å². The van der Waals surface area contributed by atoms with Crippen LogP contribution in [0.5, 0.6) is 0 Å². The first-order chi connectivity index (χ1) is 7.25. The van der Waals surface area contributed by atoms with Gasteiger partial charge in [0.25, 0.3) is 0 Å². The lowest BCUT2D eigenvalue weighted by Gasteiger charge is -2.11. The van der Waals surface area contributed by atoms with E-state index in [0.717, 1.165) is 18.4 Å². The number of nitrogens with one attached hydrogen (secondary N) is 1. The van der Waals surface area contributed by atoms with Gasteiger partial charge in [-0.1, -0.05) is 12.8 Å². The zero-order valence-corrected chi connectivity index (χ0v) is 9.74. The minimum Gasteiger partial charge on any atom is -0.353 e. The molecule has 0 bridgehead atoms. The van der Waals surface area contributed by atoms with Crippen LogP contribution < -0.4 is 5.32 Å². The monoisotopic (exact) mass is 207 g/mol. The molecule has 1 aliphatic rings. The van der Waals surface area contributed by atoms with E-state index < -0.39 is 0 Å². The Labute approximate surface area is 91.9 Å². The van der Waals surface area contributed by atoms with Gasteiger partial charge >= 0.3 is 0 Å². The van der Waals surface area contributed by atoms with Crippen LogP contribution in [0, 0.1) is 5.92 Å². The van der Waals surface area contributed by atoms with Gasteiger partial charge in [-0.25, -0.2) is 4.98 Å². The average Bonchev–Trinajstić information content (AvgIpc) is 2.89. The molecule has 0 spiro atoms. The van der Waals surface area contributed by atoms with Crippen molar-refractivity contribution in [2.24, 2.45) is 5.92 Å². The van der Waals surface area contributed by atoms with Crippen LogP contribution in [0.1, 0.15) is 39.5 Å². The highest BCUT2D eigenvalue weighted by Crippen LogP contribution is 2.33. The van der Waals surface area contributed by atoms with Gasteiger partial charge in [0.1, 0.15) is 0 Å². The van der Waals surface area contributed by atoms with Crippen LogP contribution in [0.15, 0.2) is 12.4 Å². The van der Waals surface area contributed by atoms with Gasteiger partial charge in [-0.15, -0.1) is 0 Å². The Hall–Kier alpha value is -0.990. The molecular weight excluding hydrogens is 186 g/mol. The first-order valence-electron chi connectivity index (χ1n) is 6.03.